The third-order valence-electron chi connectivity index (χ3n) is 5.54. The van der Waals surface area contributed by atoms with Crippen LogP contribution < -0.4 is 5.32 Å². The number of nitrogens with zero attached hydrogens (tertiary/aromatic N) is 2. The van der Waals surface area contributed by atoms with Crippen molar-refractivity contribution in [1.29, 1.82) is 0 Å². The molecule has 7 nitrogen and oxygen atoms in total. The summed E-state index contributed by atoms with van der Waals surface area (Å²) in [6.07, 6.45) is 1.78. The molecule has 3 aromatic carbocycles. The molecule has 0 aliphatic heterocycles. The molecule has 1 heterocycles. The van der Waals surface area contributed by atoms with Crippen molar-refractivity contribution < 1.29 is 17.6 Å². The predicted molar refractivity (Wildman–Crippen MR) is 122 cm³/mol. The fourth-order valence-corrected chi connectivity index (χ4v) is 4.89. The van der Waals surface area contributed by atoms with Gasteiger partial charge >= 0.3 is 0 Å². The molecule has 1 saturated carbocycles. The maximum Gasteiger partial charge on any atom is 0.255 e. The number of carbonyl (C=O) groups excluding carboxylic acids is 1. The maximum atomic E-state index is 12.6. The molecule has 0 atom stereocenters. The van der Waals surface area contributed by atoms with Gasteiger partial charge in [-0.1, -0.05) is 12.1 Å². The van der Waals surface area contributed by atoms with Gasteiger partial charge in [0.1, 0.15) is 5.52 Å². The van der Waals surface area contributed by atoms with Gasteiger partial charge in [-0.2, -0.15) is 4.31 Å². The van der Waals surface area contributed by atoms with Crippen molar-refractivity contribution in [3.05, 3.63) is 78.4 Å². The van der Waals surface area contributed by atoms with Crippen LogP contribution in [0.5, 0.6) is 0 Å². The number of amides is 1. The van der Waals surface area contributed by atoms with Gasteiger partial charge in [-0.15, -0.1) is 0 Å². The molecule has 0 saturated heterocycles. The van der Waals surface area contributed by atoms with E-state index in [9.17, 15) is 13.2 Å². The van der Waals surface area contributed by atoms with Gasteiger partial charge in [0.25, 0.3) is 5.91 Å². The highest BCUT2D eigenvalue weighted by molar-refractivity contribution is 7.89. The summed E-state index contributed by atoms with van der Waals surface area (Å²) in [7, 11) is -1.94. The van der Waals surface area contributed by atoms with Gasteiger partial charge in [0.15, 0.2) is 5.58 Å². The second kappa shape index (κ2) is 7.89. The van der Waals surface area contributed by atoms with E-state index in [1.807, 2.05) is 36.4 Å². The van der Waals surface area contributed by atoms with Crippen LogP contribution in [-0.2, 0) is 10.0 Å². The van der Waals surface area contributed by atoms with Gasteiger partial charge in [-0.3, -0.25) is 4.79 Å². The topological polar surface area (TPSA) is 92.5 Å². The molecule has 162 valence electrons. The molecule has 1 aliphatic carbocycles. The van der Waals surface area contributed by atoms with Crippen LogP contribution in [0.1, 0.15) is 23.2 Å². The Labute approximate surface area is 185 Å². The monoisotopic (exact) mass is 447 g/mol. The van der Waals surface area contributed by atoms with Gasteiger partial charge in [0.05, 0.1) is 4.90 Å². The van der Waals surface area contributed by atoms with Crippen molar-refractivity contribution >= 4 is 32.7 Å². The van der Waals surface area contributed by atoms with Gasteiger partial charge in [0.2, 0.25) is 15.9 Å². The Kier molecular flexibility index (Phi) is 5.03. The van der Waals surface area contributed by atoms with Crippen molar-refractivity contribution in [3.63, 3.8) is 0 Å². The third-order valence-corrected chi connectivity index (χ3v) is 7.46. The molecule has 8 heteroatoms. The Morgan fingerprint density at radius 3 is 2.34 bits per heavy atom. The molecule has 5 rings (SSSR count). The number of oxazole rings is 1. The number of benzene rings is 3. The van der Waals surface area contributed by atoms with Crippen LogP contribution in [0.25, 0.3) is 22.6 Å². The minimum absolute atomic E-state index is 0.0840. The second-order valence-corrected chi connectivity index (χ2v) is 9.79. The Morgan fingerprint density at radius 2 is 1.69 bits per heavy atom. The average Bonchev–Trinajstić information content (AvgIpc) is 3.57. The van der Waals surface area contributed by atoms with Gasteiger partial charge < -0.3 is 9.73 Å². The molecule has 1 fully saturated rings. The molecule has 0 radical (unpaired) electrons. The zero-order valence-corrected chi connectivity index (χ0v) is 18.2. The Hall–Kier alpha value is -3.49. The molecule has 1 aromatic heterocycles. The maximum absolute atomic E-state index is 12.6. The summed E-state index contributed by atoms with van der Waals surface area (Å²) in [6, 6.07) is 20.8. The average molecular weight is 448 g/mol. The highest BCUT2D eigenvalue weighted by Crippen LogP contribution is 2.30. The lowest BCUT2D eigenvalue weighted by Crippen LogP contribution is -2.29. The van der Waals surface area contributed by atoms with E-state index < -0.39 is 10.0 Å². The van der Waals surface area contributed by atoms with Gasteiger partial charge in [0, 0.05) is 29.9 Å². The summed E-state index contributed by atoms with van der Waals surface area (Å²) >= 11 is 0. The highest BCUT2D eigenvalue weighted by Gasteiger charge is 2.35. The van der Waals surface area contributed by atoms with E-state index in [1.54, 1.807) is 19.2 Å². The van der Waals surface area contributed by atoms with Crippen LogP contribution in [0.3, 0.4) is 0 Å². The lowest BCUT2D eigenvalue weighted by atomic mass is 10.2. The lowest BCUT2D eigenvalue weighted by molar-refractivity contribution is 0.102. The normalized spacial score (nSPS) is 14.1. The van der Waals surface area contributed by atoms with Crippen LogP contribution >= 0.6 is 0 Å². The fourth-order valence-electron chi connectivity index (χ4n) is 3.47. The van der Waals surface area contributed by atoms with Crippen molar-refractivity contribution in [3.8, 4) is 11.5 Å². The zero-order valence-electron chi connectivity index (χ0n) is 17.4. The fraction of sp³-hybridized carbons (Fsp3) is 0.167. The van der Waals surface area contributed by atoms with Crippen molar-refractivity contribution in [2.75, 3.05) is 12.4 Å². The van der Waals surface area contributed by atoms with Crippen LogP contribution in [0.4, 0.5) is 5.69 Å². The lowest BCUT2D eigenvalue weighted by Gasteiger charge is -2.16. The largest absolute Gasteiger partial charge is 0.436 e. The highest BCUT2D eigenvalue weighted by atomic mass is 32.2. The molecule has 4 aromatic rings. The Morgan fingerprint density at radius 1 is 1.00 bits per heavy atom. The van der Waals surface area contributed by atoms with E-state index in [0.717, 1.165) is 23.9 Å². The number of carbonyl (C=O) groups is 1. The quantitative estimate of drug-likeness (QED) is 0.469. The number of aromatic nitrogens is 1. The van der Waals surface area contributed by atoms with Crippen LogP contribution in [0.15, 0.2) is 82.1 Å². The number of para-hydroxylation sites is 2. The Bertz CT molecular complexity index is 1360. The molecule has 0 spiro atoms. The van der Waals surface area contributed by atoms with Crippen LogP contribution in [-0.4, -0.2) is 36.7 Å². The third kappa shape index (κ3) is 3.90. The number of sulfonamides is 1. The van der Waals surface area contributed by atoms with Crippen molar-refractivity contribution in [1.82, 2.24) is 9.29 Å². The molecule has 1 N–H and O–H groups in total. The number of hydrogen-bond donors (Lipinski definition) is 1. The molecule has 1 amide bonds. The standard InChI is InChI=1S/C24H21N3O4S/c1-27(19-12-13-19)32(29,30)20-14-8-16(9-15-20)23(28)25-18-10-6-17(7-11-18)24-26-21-4-2-3-5-22(21)31-24/h2-11,14-15,19H,12-13H2,1H3,(H,25,28). The summed E-state index contributed by atoms with van der Waals surface area (Å²) in [5, 5.41) is 2.82. The first-order valence-electron chi connectivity index (χ1n) is 10.3. The Balaban J connectivity index is 1.28. The summed E-state index contributed by atoms with van der Waals surface area (Å²) in [5.74, 6) is 0.191. The number of hydrogen-bond acceptors (Lipinski definition) is 5. The van der Waals surface area contributed by atoms with Gasteiger partial charge in [-0.25, -0.2) is 13.4 Å². The second-order valence-electron chi connectivity index (χ2n) is 7.80. The van der Waals surface area contributed by atoms with Crippen molar-refractivity contribution in [2.24, 2.45) is 0 Å². The minimum atomic E-state index is -3.53. The SMILES string of the molecule is CN(C1CC1)S(=O)(=O)c1ccc(C(=O)Nc2ccc(-c3nc4ccccc4o3)cc2)cc1. The number of anilines is 1. The molecule has 1 aliphatic rings. The van der Waals surface area contributed by atoms with E-state index >= 15 is 0 Å². The van der Waals surface area contributed by atoms with Crippen molar-refractivity contribution in [2.45, 2.75) is 23.8 Å². The number of nitrogens with one attached hydrogen (secondary N) is 1. The summed E-state index contributed by atoms with van der Waals surface area (Å²) in [6.45, 7) is 0. The first-order valence-corrected chi connectivity index (χ1v) is 11.7. The summed E-state index contributed by atoms with van der Waals surface area (Å²) < 4.78 is 32.4. The minimum Gasteiger partial charge on any atom is -0.436 e. The molecular weight excluding hydrogens is 426 g/mol. The predicted octanol–water partition coefficient (Wildman–Crippen LogP) is 4.53. The van der Waals surface area contributed by atoms with E-state index in [-0.39, 0.29) is 16.8 Å². The molecule has 32 heavy (non-hydrogen) atoms. The van der Waals surface area contributed by atoms with E-state index in [4.69, 9.17) is 4.42 Å². The van der Waals surface area contributed by atoms with E-state index in [0.29, 0.717) is 22.7 Å². The summed E-state index contributed by atoms with van der Waals surface area (Å²) in [4.78, 5) is 17.3. The molecular formula is C24H21N3O4S. The number of fused-ring (bicyclic) bond motifs is 1. The number of rotatable bonds is 6. The van der Waals surface area contributed by atoms with Gasteiger partial charge in [-0.05, 0) is 73.5 Å². The van der Waals surface area contributed by atoms with E-state index in [1.165, 1.54) is 28.6 Å². The zero-order chi connectivity index (χ0) is 22.3. The smallest absolute Gasteiger partial charge is 0.255 e. The van der Waals surface area contributed by atoms with Crippen LogP contribution in [0.2, 0.25) is 0 Å². The first kappa shape index (κ1) is 20.4. The molecule has 0 bridgehead atoms. The summed E-state index contributed by atoms with van der Waals surface area (Å²) in [5.41, 5.74) is 3.29. The molecule has 0 unspecified atom stereocenters. The van der Waals surface area contributed by atoms with Crippen LogP contribution in [0, 0.1) is 0 Å². The van der Waals surface area contributed by atoms with E-state index in [2.05, 4.69) is 10.3 Å². The first-order chi connectivity index (χ1) is 15.4.